The van der Waals surface area contributed by atoms with Crippen LogP contribution < -0.4 is 14.8 Å². The van der Waals surface area contributed by atoms with Crippen molar-refractivity contribution in [2.75, 3.05) is 44.8 Å². The largest absolute Gasteiger partial charge is 0.573 e. The number of benzene rings is 2. The first-order valence-corrected chi connectivity index (χ1v) is 11.0. The molecule has 1 fully saturated rings. The molecule has 0 aliphatic carbocycles. The van der Waals surface area contributed by atoms with E-state index in [0.29, 0.717) is 31.3 Å². The van der Waals surface area contributed by atoms with Gasteiger partial charge in [-0.25, -0.2) is 0 Å². The van der Waals surface area contributed by atoms with Crippen molar-refractivity contribution in [1.29, 1.82) is 0 Å². The number of carbonyl (C=O) groups is 1. The Hall–Kier alpha value is -3.57. The summed E-state index contributed by atoms with van der Waals surface area (Å²) in [6.45, 7) is 4.42. The fraction of sp³-hybridized carbons (Fsp3) is 0.333. The number of ether oxygens (including phenoxy) is 3. The third-order valence-corrected chi connectivity index (χ3v) is 5.45. The van der Waals surface area contributed by atoms with E-state index in [1.807, 2.05) is 13.1 Å². The van der Waals surface area contributed by atoms with Crippen LogP contribution in [-0.2, 0) is 11.8 Å². The lowest BCUT2D eigenvalue weighted by Crippen LogP contribution is -2.38. The summed E-state index contributed by atoms with van der Waals surface area (Å²) in [5.41, 5.74) is 2.24. The van der Waals surface area contributed by atoms with Crippen molar-refractivity contribution in [3.63, 3.8) is 0 Å². The molecule has 1 aromatic heterocycles. The Kier molecular flexibility index (Phi) is 7.57. The van der Waals surface area contributed by atoms with Crippen LogP contribution in [0.3, 0.4) is 0 Å². The van der Waals surface area contributed by atoms with Crippen molar-refractivity contribution in [2.45, 2.75) is 6.36 Å². The minimum Gasteiger partial charge on any atom is -0.492 e. The average Bonchev–Trinajstić information content (AvgIpc) is 3.25. The third-order valence-electron chi connectivity index (χ3n) is 5.45. The number of aryl methyl sites for hydroxylation is 1. The number of halogens is 3. The zero-order valence-electron chi connectivity index (χ0n) is 19.0. The van der Waals surface area contributed by atoms with Crippen LogP contribution in [0.15, 0.2) is 54.7 Å². The Morgan fingerprint density at radius 3 is 2.51 bits per heavy atom. The van der Waals surface area contributed by atoms with Crippen molar-refractivity contribution >= 4 is 11.6 Å². The van der Waals surface area contributed by atoms with Gasteiger partial charge in [-0.15, -0.1) is 13.2 Å². The van der Waals surface area contributed by atoms with Gasteiger partial charge in [-0.1, -0.05) is 0 Å². The van der Waals surface area contributed by atoms with Crippen LogP contribution in [0, 0.1) is 0 Å². The smallest absolute Gasteiger partial charge is 0.492 e. The lowest BCUT2D eigenvalue weighted by Gasteiger charge is -2.26. The standard InChI is InChI=1S/C24H25F3N4O4/c1-30-21(8-9-28-30)20-16-18(4-7-22(20)34-15-12-31-10-13-33-14-11-31)29-23(32)17-2-5-19(6-3-17)35-24(25,26)27/h2-9,16H,10-15H2,1H3,(H,29,32). The molecule has 0 unspecified atom stereocenters. The van der Waals surface area contributed by atoms with Crippen LogP contribution >= 0.6 is 0 Å². The van der Waals surface area contributed by atoms with Crippen LogP contribution in [0.5, 0.6) is 11.5 Å². The first kappa shape index (κ1) is 24.6. The summed E-state index contributed by atoms with van der Waals surface area (Å²) < 4.78 is 54.0. The van der Waals surface area contributed by atoms with E-state index in [1.165, 1.54) is 12.1 Å². The minimum atomic E-state index is -4.79. The topological polar surface area (TPSA) is 77.9 Å². The first-order chi connectivity index (χ1) is 16.8. The lowest BCUT2D eigenvalue weighted by molar-refractivity contribution is -0.274. The SMILES string of the molecule is Cn1nccc1-c1cc(NC(=O)c2ccc(OC(F)(F)F)cc2)ccc1OCCN1CCOCC1. The van der Waals surface area contributed by atoms with Crippen LogP contribution in [0.1, 0.15) is 10.4 Å². The van der Waals surface area contributed by atoms with Gasteiger partial charge in [0.25, 0.3) is 5.91 Å². The van der Waals surface area contributed by atoms with E-state index in [9.17, 15) is 18.0 Å². The number of nitrogens with one attached hydrogen (secondary N) is 1. The summed E-state index contributed by atoms with van der Waals surface area (Å²) in [5, 5.41) is 6.99. The van der Waals surface area contributed by atoms with Gasteiger partial charge in [0.05, 0.1) is 18.9 Å². The number of alkyl halides is 3. The molecule has 0 atom stereocenters. The number of rotatable bonds is 8. The van der Waals surface area contributed by atoms with Gasteiger partial charge in [-0.3, -0.25) is 14.4 Å². The molecular weight excluding hydrogens is 465 g/mol. The normalized spacial score (nSPS) is 14.5. The van der Waals surface area contributed by atoms with E-state index in [2.05, 4.69) is 20.1 Å². The highest BCUT2D eigenvalue weighted by atomic mass is 19.4. The quantitative estimate of drug-likeness (QED) is 0.515. The van der Waals surface area contributed by atoms with Crippen molar-refractivity contribution < 1.29 is 32.2 Å². The summed E-state index contributed by atoms with van der Waals surface area (Å²) in [6, 6.07) is 11.8. The second-order valence-corrected chi connectivity index (χ2v) is 7.88. The molecule has 2 heterocycles. The molecule has 1 aliphatic rings. The molecule has 0 radical (unpaired) electrons. The summed E-state index contributed by atoms with van der Waals surface area (Å²) in [6.07, 6.45) is -3.12. The van der Waals surface area contributed by atoms with Gasteiger partial charge in [0.15, 0.2) is 0 Å². The average molecular weight is 490 g/mol. The van der Waals surface area contributed by atoms with E-state index in [1.54, 1.807) is 29.1 Å². The number of hydrogen-bond acceptors (Lipinski definition) is 6. The Morgan fingerprint density at radius 2 is 1.86 bits per heavy atom. The van der Waals surface area contributed by atoms with Gasteiger partial charge < -0.3 is 19.5 Å². The van der Waals surface area contributed by atoms with Gasteiger partial charge in [0.1, 0.15) is 18.1 Å². The summed E-state index contributed by atoms with van der Waals surface area (Å²) >= 11 is 0. The highest BCUT2D eigenvalue weighted by Gasteiger charge is 2.31. The molecule has 1 aliphatic heterocycles. The molecule has 8 nitrogen and oxygen atoms in total. The fourth-order valence-corrected chi connectivity index (χ4v) is 3.69. The second-order valence-electron chi connectivity index (χ2n) is 7.88. The molecular formula is C24H25F3N4O4. The highest BCUT2D eigenvalue weighted by molar-refractivity contribution is 6.04. The van der Waals surface area contributed by atoms with E-state index in [0.717, 1.165) is 43.0 Å². The molecule has 3 aromatic rings. The number of anilines is 1. The first-order valence-electron chi connectivity index (χ1n) is 11.0. The Morgan fingerprint density at radius 1 is 1.11 bits per heavy atom. The maximum atomic E-state index is 12.7. The third kappa shape index (κ3) is 6.74. The van der Waals surface area contributed by atoms with Crippen LogP contribution in [-0.4, -0.2) is 66.4 Å². The summed E-state index contributed by atoms with van der Waals surface area (Å²) in [7, 11) is 1.81. The van der Waals surface area contributed by atoms with E-state index in [4.69, 9.17) is 9.47 Å². The number of nitrogens with zero attached hydrogens (tertiary/aromatic N) is 3. The zero-order chi connectivity index (χ0) is 24.8. The van der Waals surface area contributed by atoms with Gasteiger partial charge in [-0.2, -0.15) is 5.10 Å². The molecule has 11 heteroatoms. The molecule has 1 saturated heterocycles. The number of morpholine rings is 1. The molecule has 1 N–H and O–H groups in total. The van der Waals surface area contributed by atoms with Gasteiger partial charge >= 0.3 is 6.36 Å². The number of carbonyl (C=O) groups excluding carboxylic acids is 1. The fourth-order valence-electron chi connectivity index (χ4n) is 3.69. The molecule has 4 rings (SSSR count). The molecule has 0 saturated carbocycles. The monoisotopic (exact) mass is 490 g/mol. The van der Waals surface area contributed by atoms with E-state index in [-0.39, 0.29) is 5.56 Å². The summed E-state index contributed by atoms with van der Waals surface area (Å²) in [4.78, 5) is 14.9. The van der Waals surface area contributed by atoms with Gasteiger partial charge in [0.2, 0.25) is 0 Å². The number of amides is 1. The Balaban J connectivity index is 1.47. The van der Waals surface area contributed by atoms with Crippen molar-refractivity contribution in [3.8, 4) is 22.8 Å². The molecule has 0 spiro atoms. The maximum absolute atomic E-state index is 12.7. The zero-order valence-corrected chi connectivity index (χ0v) is 19.0. The molecule has 186 valence electrons. The Labute approximate surface area is 200 Å². The van der Waals surface area contributed by atoms with Crippen molar-refractivity contribution in [1.82, 2.24) is 14.7 Å². The van der Waals surface area contributed by atoms with Crippen molar-refractivity contribution in [3.05, 3.63) is 60.3 Å². The minimum absolute atomic E-state index is 0.187. The molecule has 35 heavy (non-hydrogen) atoms. The molecule has 1 amide bonds. The predicted molar refractivity (Wildman–Crippen MR) is 122 cm³/mol. The molecule has 2 aromatic carbocycles. The maximum Gasteiger partial charge on any atom is 0.573 e. The van der Waals surface area contributed by atoms with Crippen LogP contribution in [0.4, 0.5) is 18.9 Å². The second kappa shape index (κ2) is 10.8. The number of aromatic nitrogens is 2. The van der Waals surface area contributed by atoms with Crippen molar-refractivity contribution in [2.24, 2.45) is 7.05 Å². The van der Waals surface area contributed by atoms with Crippen LogP contribution in [0.25, 0.3) is 11.3 Å². The lowest BCUT2D eigenvalue weighted by atomic mass is 10.1. The molecule has 0 bridgehead atoms. The highest BCUT2D eigenvalue weighted by Crippen LogP contribution is 2.33. The van der Waals surface area contributed by atoms with E-state index >= 15 is 0 Å². The predicted octanol–water partition coefficient (Wildman–Crippen LogP) is 3.95. The summed E-state index contributed by atoms with van der Waals surface area (Å²) in [5.74, 6) is -0.222. The Bertz CT molecular complexity index is 1140. The van der Waals surface area contributed by atoms with Gasteiger partial charge in [-0.05, 0) is 48.5 Å². The number of hydrogen-bond donors (Lipinski definition) is 1. The van der Waals surface area contributed by atoms with Crippen LogP contribution in [0.2, 0.25) is 0 Å². The van der Waals surface area contributed by atoms with E-state index < -0.39 is 18.0 Å². The van der Waals surface area contributed by atoms with Gasteiger partial charge in [0, 0.05) is 49.7 Å².